The van der Waals surface area contributed by atoms with Crippen molar-refractivity contribution in [3.05, 3.63) is 43.0 Å². The summed E-state index contributed by atoms with van der Waals surface area (Å²) in [6.45, 7) is 10.6. The van der Waals surface area contributed by atoms with Gasteiger partial charge in [0.1, 0.15) is 0 Å². The van der Waals surface area contributed by atoms with Crippen molar-refractivity contribution in [3.8, 4) is 0 Å². The van der Waals surface area contributed by atoms with Crippen molar-refractivity contribution < 1.29 is 0 Å². The Kier molecular flexibility index (Phi) is 4.43. The standard InChI is InChI=1S/C16H24N2/c1-4-10-18-12-13(2)16(11-14(18)3)17-15-8-6-5-7-9-15/h4-9,13-14,16-17H,1,10-12H2,2-3H3/t13-,14-,16+/m1/s1. The summed E-state index contributed by atoms with van der Waals surface area (Å²) in [7, 11) is 0. The van der Waals surface area contributed by atoms with Crippen LogP contribution in [0.1, 0.15) is 20.3 Å². The third-order valence-electron chi connectivity index (χ3n) is 3.92. The van der Waals surface area contributed by atoms with E-state index in [1.165, 1.54) is 12.1 Å². The van der Waals surface area contributed by atoms with Crippen LogP contribution in [0.4, 0.5) is 5.69 Å². The van der Waals surface area contributed by atoms with Crippen molar-refractivity contribution in [2.75, 3.05) is 18.4 Å². The Morgan fingerprint density at radius 2 is 2.06 bits per heavy atom. The van der Waals surface area contributed by atoms with Crippen LogP contribution in [0.2, 0.25) is 0 Å². The number of hydrogen-bond acceptors (Lipinski definition) is 2. The van der Waals surface area contributed by atoms with Gasteiger partial charge in [-0.2, -0.15) is 0 Å². The SMILES string of the molecule is C=CCN1C[C@@H](C)[C@@H](Nc2ccccc2)C[C@H]1C. The number of hydrogen-bond donors (Lipinski definition) is 1. The molecule has 0 amide bonds. The first-order valence-corrected chi connectivity index (χ1v) is 6.87. The molecule has 1 heterocycles. The number of rotatable bonds is 4. The fraction of sp³-hybridized carbons (Fsp3) is 0.500. The van der Waals surface area contributed by atoms with Crippen LogP contribution in [0.25, 0.3) is 0 Å². The molecular weight excluding hydrogens is 220 g/mol. The summed E-state index contributed by atoms with van der Waals surface area (Å²) in [5, 5.41) is 3.67. The van der Waals surface area contributed by atoms with Gasteiger partial charge in [0.05, 0.1) is 0 Å². The number of nitrogens with one attached hydrogen (secondary N) is 1. The van der Waals surface area contributed by atoms with Crippen molar-refractivity contribution in [2.45, 2.75) is 32.4 Å². The maximum atomic E-state index is 3.84. The summed E-state index contributed by atoms with van der Waals surface area (Å²) in [5.41, 5.74) is 1.23. The fourth-order valence-electron chi connectivity index (χ4n) is 2.80. The van der Waals surface area contributed by atoms with E-state index in [2.05, 4.69) is 61.0 Å². The molecule has 0 aliphatic carbocycles. The molecular formula is C16H24N2. The molecule has 1 aromatic rings. The molecule has 2 nitrogen and oxygen atoms in total. The van der Waals surface area contributed by atoms with Gasteiger partial charge in [0, 0.05) is 30.9 Å². The molecule has 2 heteroatoms. The number of likely N-dealkylation sites (tertiary alicyclic amines) is 1. The Bertz CT molecular complexity index is 374. The first-order chi connectivity index (χ1) is 8.70. The zero-order valence-corrected chi connectivity index (χ0v) is 11.5. The highest BCUT2D eigenvalue weighted by Gasteiger charge is 2.29. The van der Waals surface area contributed by atoms with Gasteiger partial charge in [0.15, 0.2) is 0 Å². The topological polar surface area (TPSA) is 15.3 Å². The van der Waals surface area contributed by atoms with E-state index >= 15 is 0 Å². The Labute approximate surface area is 111 Å². The zero-order chi connectivity index (χ0) is 13.0. The molecule has 0 bridgehead atoms. The quantitative estimate of drug-likeness (QED) is 0.817. The van der Waals surface area contributed by atoms with Gasteiger partial charge in [-0.1, -0.05) is 31.2 Å². The lowest BCUT2D eigenvalue weighted by molar-refractivity contribution is 0.129. The van der Waals surface area contributed by atoms with Gasteiger partial charge in [0.2, 0.25) is 0 Å². The summed E-state index contributed by atoms with van der Waals surface area (Å²) in [5.74, 6) is 0.668. The second-order valence-corrected chi connectivity index (χ2v) is 5.42. The largest absolute Gasteiger partial charge is 0.382 e. The first-order valence-electron chi connectivity index (χ1n) is 6.87. The van der Waals surface area contributed by atoms with Crippen molar-refractivity contribution in [1.82, 2.24) is 4.90 Å². The highest BCUT2D eigenvalue weighted by molar-refractivity contribution is 5.43. The molecule has 1 aromatic carbocycles. The molecule has 0 spiro atoms. The minimum Gasteiger partial charge on any atom is -0.382 e. The van der Waals surface area contributed by atoms with Crippen molar-refractivity contribution in [3.63, 3.8) is 0 Å². The van der Waals surface area contributed by atoms with E-state index in [-0.39, 0.29) is 0 Å². The third-order valence-corrected chi connectivity index (χ3v) is 3.92. The monoisotopic (exact) mass is 244 g/mol. The van der Waals surface area contributed by atoms with Gasteiger partial charge >= 0.3 is 0 Å². The van der Waals surface area contributed by atoms with Crippen LogP contribution in [0.5, 0.6) is 0 Å². The molecule has 3 atom stereocenters. The summed E-state index contributed by atoms with van der Waals surface area (Å²) in [6, 6.07) is 11.7. The van der Waals surface area contributed by atoms with Crippen LogP contribution in [-0.4, -0.2) is 30.1 Å². The summed E-state index contributed by atoms with van der Waals surface area (Å²) < 4.78 is 0. The van der Waals surface area contributed by atoms with E-state index in [9.17, 15) is 0 Å². The fourth-order valence-corrected chi connectivity index (χ4v) is 2.80. The van der Waals surface area contributed by atoms with Gasteiger partial charge in [0.25, 0.3) is 0 Å². The van der Waals surface area contributed by atoms with E-state index in [0.29, 0.717) is 18.0 Å². The van der Waals surface area contributed by atoms with E-state index < -0.39 is 0 Å². The molecule has 0 aromatic heterocycles. The summed E-state index contributed by atoms with van der Waals surface area (Å²) in [4.78, 5) is 2.51. The molecule has 2 rings (SSSR count). The Morgan fingerprint density at radius 1 is 1.33 bits per heavy atom. The zero-order valence-electron chi connectivity index (χ0n) is 11.5. The maximum absolute atomic E-state index is 3.84. The molecule has 18 heavy (non-hydrogen) atoms. The van der Waals surface area contributed by atoms with E-state index in [1.807, 2.05) is 6.08 Å². The summed E-state index contributed by atoms with van der Waals surface area (Å²) in [6.07, 6.45) is 3.21. The maximum Gasteiger partial charge on any atom is 0.0342 e. The van der Waals surface area contributed by atoms with Crippen LogP contribution in [0.3, 0.4) is 0 Å². The summed E-state index contributed by atoms with van der Waals surface area (Å²) >= 11 is 0. The van der Waals surface area contributed by atoms with Crippen molar-refractivity contribution in [1.29, 1.82) is 0 Å². The molecule has 1 fully saturated rings. The Balaban J connectivity index is 1.97. The number of benzene rings is 1. The van der Waals surface area contributed by atoms with Gasteiger partial charge in [-0.25, -0.2) is 0 Å². The number of anilines is 1. The van der Waals surface area contributed by atoms with Crippen LogP contribution in [0.15, 0.2) is 43.0 Å². The Hall–Kier alpha value is -1.28. The Morgan fingerprint density at radius 3 is 2.72 bits per heavy atom. The molecule has 0 saturated carbocycles. The van der Waals surface area contributed by atoms with Crippen LogP contribution < -0.4 is 5.32 Å². The average molecular weight is 244 g/mol. The molecule has 1 saturated heterocycles. The predicted molar refractivity (Wildman–Crippen MR) is 78.9 cm³/mol. The molecule has 98 valence electrons. The lowest BCUT2D eigenvalue weighted by Crippen LogP contribution is -2.49. The van der Waals surface area contributed by atoms with Gasteiger partial charge in [-0.05, 0) is 31.4 Å². The molecule has 1 aliphatic heterocycles. The highest BCUT2D eigenvalue weighted by Crippen LogP contribution is 2.25. The second-order valence-electron chi connectivity index (χ2n) is 5.42. The van der Waals surface area contributed by atoms with Crippen molar-refractivity contribution in [2.24, 2.45) is 5.92 Å². The van der Waals surface area contributed by atoms with Crippen LogP contribution in [0, 0.1) is 5.92 Å². The van der Waals surface area contributed by atoms with Crippen LogP contribution >= 0.6 is 0 Å². The normalized spacial score (nSPS) is 28.9. The lowest BCUT2D eigenvalue weighted by atomic mass is 9.89. The smallest absolute Gasteiger partial charge is 0.0342 e. The predicted octanol–water partition coefficient (Wildman–Crippen LogP) is 3.38. The minimum absolute atomic E-state index is 0.573. The van der Waals surface area contributed by atoms with Crippen LogP contribution in [-0.2, 0) is 0 Å². The van der Waals surface area contributed by atoms with E-state index in [1.54, 1.807) is 0 Å². The lowest BCUT2D eigenvalue weighted by Gasteiger charge is -2.42. The average Bonchev–Trinajstić information content (AvgIpc) is 2.37. The van der Waals surface area contributed by atoms with E-state index in [4.69, 9.17) is 0 Å². The molecule has 1 aliphatic rings. The highest BCUT2D eigenvalue weighted by atomic mass is 15.2. The number of piperidine rings is 1. The van der Waals surface area contributed by atoms with E-state index in [0.717, 1.165) is 13.1 Å². The first kappa shape index (κ1) is 13.2. The third kappa shape index (κ3) is 3.14. The second kappa shape index (κ2) is 6.05. The molecule has 0 unspecified atom stereocenters. The number of para-hydroxylation sites is 1. The van der Waals surface area contributed by atoms with Crippen molar-refractivity contribution >= 4 is 5.69 Å². The van der Waals surface area contributed by atoms with Gasteiger partial charge < -0.3 is 5.32 Å². The molecule has 0 radical (unpaired) electrons. The molecule has 1 N–H and O–H groups in total. The van der Waals surface area contributed by atoms with Gasteiger partial charge in [-0.15, -0.1) is 6.58 Å². The minimum atomic E-state index is 0.573. The number of nitrogens with zero attached hydrogens (tertiary/aromatic N) is 1. The van der Waals surface area contributed by atoms with Gasteiger partial charge in [-0.3, -0.25) is 4.90 Å².